The van der Waals surface area contributed by atoms with E-state index in [1.807, 2.05) is 12.1 Å². The normalized spacial score (nSPS) is 16.3. The van der Waals surface area contributed by atoms with E-state index in [0.29, 0.717) is 0 Å². The number of ether oxygens (including phenoxy) is 1. The van der Waals surface area contributed by atoms with Gasteiger partial charge in [0.2, 0.25) is 0 Å². The lowest BCUT2D eigenvalue weighted by Gasteiger charge is -2.20. The third-order valence-electron chi connectivity index (χ3n) is 5.62. The SMILES string of the molecule is Fc1ccc(C(c2ccc(OCCN3CCCCCC3)cc2)c2cccs2)cc1. The van der Waals surface area contributed by atoms with Gasteiger partial charge in [0.05, 0.1) is 0 Å². The lowest BCUT2D eigenvalue weighted by atomic mass is 9.90. The van der Waals surface area contributed by atoms with Gasteiger partial charge >= 0.3 is 0 Å². The highest BCUT2D eigenvalue weighted by Gasteiger charge is 2.18. The lowest BCUT2D eigenvalue weighted by Crippen LogP contribution is -2.29. The van der Waals surface area contributed by atoms with Crippen molar-refractivity contribution in [2.45, 2.75) is 31.6 Å². The minimum Gasteiger partial charge on any atom is -0.492 e. The maximum atomic E-state index is 13.4. The topological polar surface area (TPSA) is 12.5 Å². The predicted octanol–water partition coefficient (Wildman–Crippen LogP) is 6.32. The van der Waals surface area contributed by atoms with Crippen LogP contribution in [0.5, 0.6) is 5.75 Å². The van der Waals surface area contributed by atoms with Crippen LogP contribution < -0.4 is 4.74 Å². The van der Waals surface area contributed by atoms with Crippen LogP contribution in [0.4, 0.5) is 4.39 Å². The summed E-state index contributed by atoms with van der Waals surface area (Å²) in [6.45, 7) is 4.12. The molecular weight excluding hydrogens is 381 g/mol. The summed E-state index contributed by atoms with van der Waals surface area (Å²) in [6.07, 6.45) is 5.33. The second-order valence-electron chi connectivity index (χ2n) is 7.67. The molecule has 1 unspecified atom stereocenters. The molecule has 152 valence electrons. The van der Waals surface area contributed by atoms with E-state index in [0.717, 1.165) is 24.5 Å². The predicted molar refractivity (Wildman–Crippen MR) is 119 cm³/mol. The van der Waals surface area contributed by atoms with Crippen molar-refractivity contribution in [1.29, 1.82) is 0 Å². The zero-order chi connectivity index (χ0) is 19.9. The molecule has 0 bridgehead atoms. The van der Waals surface area contributed by atoms with E-state index in [9.17, 15) is 4.39 Å². The third-order valence-corrected chi connectivity index (χ3v) is 6.56. The van der Waals surface area contributed by atoms with Crippen LogP contribution in [0.3, 0.4) is 0 Å². The van der Waals surface area contributed by atoms with Crippen LogP contribution in [-0.2, 0) is 0 Å². The van der Waals surface area contributed by atoms with Crippen LogP contribution in [-0.4, -0.2) is 31.1 Å². The Balaban J connectivity index is 1.42. The van der Waals surface area contributed by atoms with E-state index in [-0.39, 0.29) is 11.7 Å². The molecule has 0 radical (unpaired) electrons. The number of likely N-dealkylation sites (tertiary alicyclic amines) is 1. The Kier molecular flexibility index (Phi) is 6.96. The van der Waals surface area contributed by atoms with Gasteiger partial charge in [-0.2, -0.15) is 0 Å². The molecule has 0 amide bonds. The summed E-state index contributed by atoms with van der Waals surface area (Å²) in [7, 11) is 0. The van der Waals surface area contributed by atoms with E-state index >= 15 is 0 Å². The Labute approximate surface area is 177 Å². The minimum atomic E-state index is -0.202. The molecule has 0 saturated carbocycles. The van der Waals surface area contributed by atoms with Gasteiger partial charge in [-0.3, -0.25) is 4.90 Å². The number of benzene rings is 2. The molecule has 0 spiro atoms. The van der Waals surface area contributed by atoms with E-state index in [1.165, 1.54) is 61.3 Å². The van der Waals surface area contributed by atoms with E-state index in [2.05, 4.69) is 46.7 Å². The molecule has 3 aromatic rings. The monoisotopic (exact) mass is 409 g/mol. The van der Waals surface area contributed by atoms with E-state index < -0.39 is 0 Å². The molecule has 1 aliphatic heterocycles. The summed E-state index contributed by atoms with van der Waals surface area (Å²) >= 11 is 1.73. The van der Waals surface area contributed by atoms with Gasteiger partial charge in [0.25, 0.3) is 0 Å². The van der Waals surface area contributed by atoms with Crippen LogP contribution in [0.2, 0.25) is 0 Å². The van der Waals surface area contributed by atoms with Crippen LogP contribution in [0.1, 0.15) is 47.6 Å². The first-order valence-electron chi connectivity index (χ1n) is 10.5. The highest BCUT2D eigenvalue weighted by molar-refractivity contribution is 7.10. The van der Waals surface area contributed by atoms with Gasteiger partial charge in [-0.05, 0) is 72.8 Å². The van der Waals surface area contributed by atoms with Crippen molar-refractivity contribution >= 4 is 11.3 Å². The van der Waals surface area contributed by atoms with Crippen molar-refractivity contribution < 1.29 is 9.13 Å². The molecule has 4 heteroatoms. The Morgan fingerprint density at radius 1 is 0.862 bits per heavy atom. The number of hydrogen-bond donors (Lipinski definition) is 0. The molecular formula is C25H28FNOS. The standard InChI is InChI=1S/C25H28FNOS/c26-22-11-7-20(8-12-22)25(24-6-5-19-29-24)21-9-13-23(14-10-21)28-18-17-27-15-3-1-2-4-16-27/h5-14,19,25H,1-4,15-18H2. The number of thiophene rings is 1. The van der Waals surface area contributed by atoms with Gasteiger partial charge in [-0.25, -0.2) is 4.39 Å². The summed E-state index contributed by atoms with van der Waals surface area (Å²) in [5.74, 6) is 0.821. The molecule has 1 fully saturated rings. The first-order chi connectivity index (χ1) is 14.3. The zero-order valence-corrected chi connectivity index (χ0v) is 17.5. The molecule has 0 N–H and O–H groups in total. The quantitative estimate of drug-likeness (QED) is 0.453. The summed E-state index contributed by atoms with van der Waals surface area (Å²) < 4.78 is 19.4. The highest BCUT2D eigenvalue weighted by Crippen LogP contribution is 2.35. The second-order valence-corrected chi connectivity index (χ2v) is 8.65. The molecule has 2 nitrogen and oxygen atoms in total. The smallest absolute Gasteiger partial charge is 0.123 e. The molecule has 0 aliphatic carbocycles. The zero-order valence-electron chi connectivity index (χ0n) is 16.7. The van der Waals surface area contributed by atoms with Gasteiger partial charge in [-0.15, -0.1) is 11.3 Å². The molecule has 1 atom stereocenters. The van der Waals surface area contributed by atoms with Crippen LogP contribution in [0, 0.1) is 5.82 Å². The summed E-state index contributed by atoms with van der Waals surface area (Å²) in [5, 5.41) is 2.09. The first-order valence-corrected chi connectivity index (χ1v) is 11.4. The second kappa shape index (κ2) is 10.0. The Morgan fingerprint density at radius 3 is 2.14 bits per heavy atom. The van der Waals surface area contributed by atoms with Crippen molar-refractivity contribution in [3.63, 3.8) is 0 Å². The summed E-state index contributed by atoms with van der Waals surface area (Å²) in [5.41, 5.74) is 2.29. The number of rotatable bonds is 7. The summed E-state index contributed by atoms with van der Waals surface area (Å²) in [4.78, 5) is 3.77. The van der Waals surface area contributed by atoms with Crippen molar-refractivity contribution in [2.24, 2.45) is 0 Å². The van der Waals surface area contributed by atoms with Gasteiger partial charge in [0.1, 0.15) is 18.2 Å². The number of nitrogens with zero attached hydrogens (tertiary/aromatic N) is 1. The van der Waals surface area contributed by atoms with E-state index in [4.69, 9.17) is 4.74 Å². The average molecular weight is 410 g/mol. The third kappa shape index (κ3) is 5.46. The molecule has 2 heterocycles. The van der Waals surface area contributed by atoms with Gasteiger partial charge < -0.3 is 4.74 Å². The minimum absolute atomic E-state index is 0.113. The fraction of sp³-hybridized carbons (Fsp3) is 0.360. The van der Waals surface area contributed by atoms with Crippen molar-refractivity contribution in [3.05, 3.63) is 87.9 Å². The largest absolute Gasteiger partial charge is 0.492 e. The van der Waals surface area contributed by atoms with Gasteiger partial charge in [0, 0.05) is 17.3 Å². The van der Waals surface area contributed by atoms with Gasteiger partial charge in [0.15, 0.2) is 0 Å². The van der Waals surface area contributed by atoms with Crippen molar-refractivity contribution in [3.8, 4) is 5.75 Å². The van der Waals surface area contributed by atoms with Crippen LogP contribution in [0.15, 0.2) is 66.0 Å². The maximum Gasteiger partial charge on any atom is 0.123 e. The molecule has 4 rings (SSSR count). The van der Waals surface area contributed by atoms with Crippen LogP contribution in [0.25, 0.3) is 0 Å². The van der Waals surface area contributed by atoms with Gasteiger partial charge in [-0.1, -0.05) is 43.2 Å². The molecule has 29 heavy (non-hydrogen) atoms. The number of hydrogen-bond acceptors (Lipinski definition) is 3. The molecule has 1 aromatic heterocycles. The van der Waals surface area contributed by atoms with Crippen LogP contribution >= 0.6 is 11.3 Å². The molecule has 1 saturated heterocycles. The average Bonchev–Trinajstić information content (AvgIpc) is 3.14. The maximum absolute atomic E-state index is 13.4. The fourth-order valence-electron chi connectivity index (χ4n) is 4.04. The fourth-order valence-corrected chi connectivity index (χ4v) is 4.92. The first kappa shape index (κ1) is 20.1. The van der Waals surface area contributed by atoms with Crippen molar-refractivity contribution in [1.82, 2.24) is 4.90 Å². The van der Waals surface area contributed by atoms with Crippen molar-refractivity contribution in [2.75, 3.05) is 26.2 Å². The Hall–Kier alpha value is -2.17. The molecule has 1 aliphatic rings. The highest BCUT2D eigenvalue weighted by atomic mass is 32.1. The number of halogens is 1. The van der Waals surface area contributed by atoms with E-state index in [1.54, 1.807) is 11.3 Å². The Bertz CT molecular complexity index is 853. The summed E-state index contributed by atoms with van der Waals surface area (Å²) in [6, 6.07) is 19.4. The molecule has 2 aromatic carbocycles. The lowest BCUT2D eigenvalue weighted by molar-refractivity contribution is 0.214. The Morgan fingerprint density at radius 2 is 1.52 bits per heavy atom.